The second-order valence-corrected chi connectivity index (χ2v) is 9.19. The standard InChI is InChI=1S/C29H32FN3O3/c1-36-27-13-7-22(8-14-27)18-31-28(34)23-17-24(29(35)32-26-11-9-25(30)10-12-26)20-33(19-23)16-15-21-5-3-2-4-6-21/h2-14,23-24H,15-20H2,1H3,(H,31,34)(H,32,35)/t23-,24+/m0/s1. The highest BCUT2D eigenvalue weighted by atomic mass is 19.1. The molecule has 188 valence electrons. The molecule has 2 atom stereocenters. The molecular formula is C29H32FN3O3. The molecule has 0 spiro atoms. The Hall–Kier alpha value is -3.71. The van der Waals surface area contributed by atoms with E-state index in [2.05, 4.69) is 27.7 Å². The average Bonchev–Trinajstić information content (AvgIpc) is 2.92. The van der Waals surface area contributed by atoms with Crippen LogP contribution < -0.4 is 15.4 Å². The molecule has 0 bridgehead atoms. The molecule has 1 saturated heterocycles. The number of amides is 2. The lowest BCUT2D eigenvalue weighted by molar-refractivity contribution is -0.130. The molecule has 4 rings (SSSR count). The molecule has 0 radical (unpaired) electrons. The van der Waals surface area contributed by atoms with Crippen molar-refractivity contribution in [2.24, 2.45) is 11.8 Å². The van der Waals surface area contributed by atoms with Gasteiger partial charge in [-0.1, -0.05) is 42.5 Å². The van der Waals surface area contributed by atoms with Crippen LogP contribution in [0.4, 0.5) is 10.1 Å². The van der Waals surface area contributed by atoms with Crippen LogP contribution in [0.1, 0.15) is 17.5 Å². The normalized spacial score (nSPS) is 17.8. The Morgan fingerprint density at radius 1 is 0.889 bits per heavy atom. The Labute approximate surface area is 211 Å². The number of nitrogens with one attached hydrogen (secondary N) is 2. The minimum Gasteiger partial charge on any atom is -0.497 e. The van der Waals surface area contributed by atoms with Crippen LogP contribution in [0.15, 0.2) is 78.9 Å². The van der Waals surface area contributed by atoms with Crippen LogP contribution in [-0.4, -0.2) is 43.5 Å². The number of methoxy groups -OCH3 is 1. The van der Waals surface area contributed by atoms with E-state index in [1.807, 2.05) is 42.5 Å². The zero-order chi connectivity index (χ0) is 25.3. The summed E-state index contributed by atoms with van der Waals surface area (Å²) in [5.74, 6) is -0.463. The van der Waals surface area contributed by atoms with Crippen molar-refractivity contribution in [3.05, 3.63) is 95.8 Å². The van der Waals surface area contributed by atoms with E-state index in [0.29, 0.717) is 31.7 Å². The summed E-state index contributed by atoms with van der Waals surface area (Å²) in [6.45, 7) is 2.34. The lowest BCUT2D eigenvalue weighted by Crippen LogP contribution is -2.49. The number of likely N-dealkylation sites (tertiary alicyclic amines) is 1. The van der Waals surface area contributed by atoms with E-state index in [1.54, 1.807) is 19.2 Å². The molecule has 1 heterocycles. The largest absolute Gasteiger partial charge is 0.497 e. The van der Waals surface area contributed by atoms with E-state index >= 15 is 0 Å². The van der Waals surface area contributed by atoms with Gasteiger partial charge in [0.2, 0.25) is 11.8 Å². The van der Waals surface area contributed by atoms with Gasteiger partial charge in [0, 0.05) is 31.9 Å². The number of halogens is 1. The van der Waals surface area contributed by atoms with Crippen LogP contribution in [-0.2, 0) is 22.6 Å². The molecule has 0 aromatic heterocycles. The molecule has 1 aliphatic heterocycles. The Bertz CT molecular complexity index is 1140. The minimum atomic E-state index is -0.355. The van der Waals surface area contributed by atoms with Gasteiger partial charge in [0.25, 0.3) is 0 Å². The number of rotatable bonds is 9. The maximum absolute atomic E-state index is 13.3. The molecule has 36 heavy (non-hydrogen) atoms. The highest BCUT2D eigenvalue weighted by Crippen LogP contribution is 2.25. The van der Waals surface area contributed by atoms with E-state index < -0.39 is 0 Å². The van der Waals surface area contributed by atoms with Crippen molar-refractivity contribution in [3.8, 4) is 5.75 Å². The molecule has 0 aliphatic carbocycles. The minimum absolute atomic E-state index is 0.0604. The zero-order valence-electron chi connectivity index (χ0n) is 20.5. The van der Waals surface area contributed by atoms with E-state index in [-0.39, 0.29) is 29.5 Å². The highest BCUT2D eigenvalue weighted by Gasteiger charge is 2.35. The van der Waals surface area contributed by atoms with Gasteiger partial charge < -0.3 is 20.3 Å². The predicted molar refractivity (Wildman–Crippen MR) is 138 cm³/mol. The summed E-state index contributed by atoms with van der Waals surface area (Å²) in [4.78, 5) is 28.4. The number of carbonyl (C=O) groups is 2. The van der Waals surface area contributed by atoms with Gasteiger partial charge in [-0.15, -0.1) is 0 Å². The molecule has 3 aromatic rings. The number of anilines is 1. The first-order valence-corrected chi connectivity index (χ1v) is 12.2. The summed E-state index contributed by atoms with van der Waals surface area (Å²) >= 11 is 0. The first-order chi connectivity index (χ1) is 17.5. The number of nitrogens with zero attached hydrogens (tertiary/aromatic N) is 1. The lowest BCUT2D eigenvalue weighted by Gasteiger charge is -2.36. The van der Waals surface area contributed by atoms with Gasteiger partial charge in [-0.2, -0.15) is 0 Å². The van der Waals surface area contributed by atoms with Gasteiger partial charge in [-0.25, -0.2) is 4.39 Å². The van der Waals surface area contributed by atoms with Crippen LogP contribution in [0.2, 0.25) is 0 Å². The fourth-order valence-electron chi connectivity index (χ4n) is 4.54. The van der Waals surface area contributed by atoms with Crippen molar-refractivity contribution >= 4 is 17.5 Å². The smallest absolute Gasteiger partial charge is 0.228 e. The third-order valence-corrected chi connectivity index (χ3v) is 6.56. The summed E-state index contributed by atoms with van der Waals surface area (Å²) in [6, 6.07) is 23.5. The van der Waals surface area contributed by atoms with E-state index in [9.17, 15) is 14.0 Å². The number of hydrogen-bond acceptors (Lipinski definition) is 4. The van der Waals surface area contributed by atoms with Crippen molar-refractivity contribution in [1.82, 2.24) is 10.2 Å². The van der Waals surface area contributed by atoms with Crippen LogP contribution in [0.25, 0.3) is 0 Å². The number of benzene rings is 3. The molecule has 7 heteroatoms. The average molecular weight is 490 g/mol. The molecule has 3 aromatic carbocycles. The predicted octanol–water partition coefficient (Wildman–Crippen LogP) is 4.27. The lowest BCUT2D eigenvalue weighted by atomic mass is 9.87. The van der Waals surface area contributed by atoms with Crippen LogP contribution in [0.3, 0.4) is 0 Å². The number of ether oxygens (including phenoxy) is 1. The topological polar surface area (TPSA) is 70.7 Å². The SMILES string of the molecule is COc1ccc(CNC(=O)[C@H]2C[C@@H](C(=O)Nc3ccc(F)cc3)CN(CCc3ccccc3)C2)cc1. The monoisotopic (exact) mass is 489 g/mol. The quantitative estimate of drug-likeness (QED) is 0.471. The van der Waals surface area contributed by atoms with Gasteiger partial charge in [0.05, 0.1) is 18.9 Å². The van der Waals surface area contributed by atoms with Gasteiger partial charge in [0.1, 0.15) is 11.6 Å². The highest BCUT2D eigenvalue weighted by molar-refractivity contribution is 5.93. The van der Waals surface area contributed by atoms with Gasteiger partial charge in [-0.05, 0) is 60.4 Å². The Morgan fingerprint density at radius 2 is 1.56 bits per heavy atom. The van der Waals surface area contributed by atoms with Crippen LogP contribution >= 0.6 is 0 Å². The van der Waals surface area contributed by atoms with Crippen molar-refractivity contribution in [2.75, 3.05) is 32.1 Å². The van der Waals surface area contributed by atoms with E-state index in [0.717, 1.165) is 24.3 Å². The molecule has 1 fully saturated rings. The maximum Gasteiger partial charge on any atom is 0.228 e. The number of hydrogen-bond donors (Lipinski definition) is 2. The Morgan fingerprint density at radius 3 is 2.22 bits per heavy atom. The summed E-state index contributed by atoms with van der Waals surface area (Å²) in [7, 11) is 1.62. The molecular weight excluding hydrogens is 457 g/mol. The van der Waals surface area contributed by atoms with Crippen molar-refractivity contribution in [1.29, 1.82) is 0 Å². The van der Waals surface area contributed by atoms with E-state index in [1.165, 1.54) is 17.7 Å². The molecule has 2 amide bonds. The van der Waals surface area contributed by atoms with Crippen molar-refractivity contribution in [2.45, 2.75) is 19.4 Å². The first-order valence-electron chi connectivity index (χ1n) is 12.2. The first kappa shape index (κ1) is 25.4. The van der Waals surface area contributed by atoms with Crippen molar-refractivity contribution < 1.29 is 18.7 Å². The molecule has 6 nitrogen and oxygen atoms in total. The second kappa shape index (κ2) is 12.3. The van der Waals surface area contributed by atoms with Crippen molar-refractivity contribution in [3.63, 3.8) is 0 Å². The fourth-order valence-corrected chi connectivity index (χ4v) is 4.54. The molecule has 2 N–H and O–H groups in total. The maximum atomic E-state index is 13.3. The molecule has 0 unspecified atom stereocenters. The summed E-state index contributed by atoms with van der Waals surface area (Å²) in [5, 5.41) is 5.92. The second-order valence-electron chi connectivity index (χ2n) is 9.19. The summed E-state index contributed by atoms with van der Waals surface area (Å²) < 4.78 is 18.4. The fraction of sp³-hybridized carbons (Fsp3) is 0.310. The summed E-state index contributed by atoms with van der Waals surface area (Å²) in [6.07, 6.45) is 1.30. The van der Waals surface area contributed by atoms with Crippen LogP contribution in [0.5, 0.6) is 5.75 Å². The third kappa shape index (κ3) is 7.15. The number of piperidine rings is 1. The zero-order valence-corrected chi connectivity index (χ0v) is 20.5. The molecule has 0 saturated carbocycles. The van der Waals surface area contributed by atoms with E-state index in [4.69, 9.17) is 4.74 Å². The number of carbonyl (C=O) groups excluding carboxylic acids is 2. The van der Waals surface area contributed by atoms with Gasteiger partial charge in [-0.3, -0.25) is 9.59 Å². The Kier molecular flexibility index (Phi) is 8.68. The third-order valence-electron chi connectivity index (χ3n) is 6.56. The van der Waals surface area contributed by atoms with Gasteiger partial charge >= 0.3 is 0 Å². The van der Waals surface area contributed by atoms with Crippen LogP contribution in [0, 0.1) is 17.7 Å². The Balaban J connectivity index is 1.41. The molecule has 1 aliphatic rings. The van der Waals surface area contributed by atoms with Gasteiger partial charge in [0.15, 0.2) is 0 Å². The summed E-state index contributed by atoms with van der Waals surface area (Å²) in [5.41, 5.74) is 2.74.